The first-order valence-corrected chi connectivity index (χ1v) is 7.74. The molecule has 0 unspecified atom stereocenters. The average molecular weight is 293 g/mol. The fraction of sp³-hybridized carbons (Fsp3) is 1.00. The van der Waals surface area contributed by atoms with Gasteiger partial charge in [0.15, 0.2) is 0 Å². The van der Waals surface area contributed by atoms with Gasteiger partial charge in [0, 0.05) is 12.6 Å². The normalized spacial score (nSPS) is 31.8. The summed E-state index contributed by atoms with van der Waals surface area (Å²) in [6.07, 6.45) is 1.48. The minimum atomic E-state index is -4.23. The molecule has 0 radical (unpaired) electrons. The summed E-state index contributed by atoms with van der Waals surface area (Å²) in [5, 5.41) is 3.36. The lowest BCUT2D eigenvalue weighted by molar-refractivity contribution is -0.212. The first-order chi connectivity index (χ1) is 9.30. The summed E-state index contributed by atoms with van der Waals surface area (Å²) >= 11 is 0. The van der Waals surface area contributed by atoms with E-state index >= 15 is 0 Å². The van der Waals surface area contributed by atoms with Crippen molar-refractivity contribution in [2.75, 3.05) is 13.2 Å². The maximum Gasteiger partial charge on any atom is 0.411 e. The van der Waals surface area contributed by atoms with Crippen molar-refractivity contribution >= 4 is 0 Å². The van der Waals surface area contributed by atoms with E-state index in [1.54, 1.807) is 0 Å². The Kier molecular flexibility index (Phi) is 5.00. The molecule has 2 aliphatic rings. The molecule has 0 aliphatic heterocycles. The monoisotopic (exact) mass is 293 g/mol. The van der Waals surface area contributed by atoms with E-state index < -0.39 is 18.4 Å². The van der Waals surface area contributed by atoms with Crippen LogP contribution in [0.25, 0.3) is 0 Å². The van der Waals surface area contributed by atoms with E-state index in [9.17, 15) is 13.2 Å². The summed E-state index contributed by atoms with van der Waals surface area (Å²) in [5.74, 6) is 1.23. The lowest BCUT2D eigenvalue weighted by Crippen LogP contribution is -2.48. The largest absolute Gasteiger partial charge is 0.411 e. The summed E-state index contributed by atoms with van der Waals surface area (Å²) in [6.45, 7) is 3.83. The van der Waals surface area contributed by atoms with Crippen molar-refractivity contribution in [2.45, 2.75) is 70.2 Å². The van der Waals surface area contributed by atoms with Crippen molar-refractivity contribution in [1.29, 1.82) is 0 Å². The number of ether oxygens (including phenoxy) is 1. The zero-order chi connectivity index (χ0) is 14.8. The first kappa shape index (κ1) is 16.1. The molecule has 0 atom stereocenters. The van der Waals surface area contributed by atoms with E-state index in [0.29, 0.717) is 24.4 Å². The van der Waals surface area contributed by atoms with Gasteiger partial charge in [0.05, 0.1) is 5.60 Å². The topological polar surface area (TPSA) is 21.3 Å². The minimum Gasteiger partial charge on any atom is -0.364 e. The molecule has 2 rings (SSSR count). The quantitative estimate of drug-likeness (QED) is 0.802. The zero-order valence-electron chi connectivity index (χ0n) is 12.4. The third-order valence-electron chi connectivity index (χ3n) is 4.72. The number of nitrogens with one attached hydrogen (secondary N) is 1. The van der Waals surface area contributed by atoms with Crippen molar-refractivity contribution in [3.8, 4) is 0 Å². The van der Waals surface area contributed by atoms with Crippen molar-refractivity contribution in [2.24, 2.45) is 11.8 Å². The Morgan fingerprint density at radius 1 is 1.15 bits per heavy atom. The van der Waals surface area contributed by atoms with Crippen LogP contribution >= 0.6 is 0 Å². The molecule has 5 heteroatoms. The summed E-state index contributed by atoms with van der Waals surface area (Å²) in [7, 11) is 0. The molecule has 0 amide bonds. The highest BCUT2D eigenvalue weighted by Gasteiger charge is 2.41. The van der Waals surface area contributed by atoms with Crippen LogP contribution in [0.5, 0.6) is 0 Å². The second-order valence-electron chi connectivity index (χ2n) is 6.82. The maximum atomic E-state index is 12.5. The lowest BCUT2D eigenvalue weighted by Gasteiger charge is -2.41. The molecule has 0 heterocycles. The molecular formula is C15H26F3NO. The molecule has 2 fully saturated rings. The molecule has 0 aromatic rings. The van der Waals surface area contributed by atoms with Crippen LogP contribution < -0.4 is 5.32 Å². The second-order valence-corrected chi connectivity index (χ2v) is 6.82. The molecular weight excluding hydrogens is 267 g/mol. The van der Waals surface area contributed by atoms with Gasteiger partial charge in [-0.05, 0) is 50.4 Å². The molecule has 2 saturated carbocycles. The Hall–Kier alpha value is -0.290. The van der Waals surface area contributed by atoms with Crippen molar-refractivity contribution in [1.82, 2.24) is 5.32 Å². The van der Waals surface area contributed by atoms with Crippen LogP contribution in [0.4, 0.5) is 13.2 Å². The van der Waals surface area contributed by atoms with Crippen molar-refractivity contribution < 1.29 is 17.9 Å². The van der Waals surface area contributed by atoms with Crippen molar-refractivity contribution in [3.05, 3.63) is 0 Å². The van der Waals surface area contributed by atoms with Gasteiger partial charge in [-0.1, -0.05) is 13.8 Å². The van der Waals surface area contributed by atoms with Gasteiger partial charge in [-0.2, -0.15) is 13.2 Å². The van der Waals surface area contributed by atoms with Crippen LogP contribution in [-0.2, 0) is 4.74 Å². The zero-order valence-corrected chi connectivity index (χ0v) is 12.4. The third kappa shape index (κ3) is 4.92. The van der Waals surface area contributed by atoms with Gasteiger partial charge in [-0.15, -0.1) is 0 Å². The molecule has 0 saturated heterocycles. The molecule has 0 aromatic heterocycles. The fourth-order valence-electron chi connectivity index (χ4n) is 3.06. The van der Waals surface area contributed by atoms with E-state index in [1.165, 1.54) is 0 Å². The van der Waals surface area contributed by atoms with E-state index in [0.717, 1.165) is 38.5 Å². The van der Waals surface area contributed by atoms with E-state index in [4.69, 9.17) is 4.74 Å². The van der Waals surface area contributed by atoms with Crippen LogP contribution in [0, 0.1) is 11.8 Å². The Morgan fingerprint density at radius 2 is 1.75 bits per heavy atom. The highest BCUT2D eigenvalue weighted by molar-refractivity contribution is 4.93. The van der Waals surface area contributed by atoms with Gasteiger partial charge < -0.3 is 10.1 Å². The molecule has 2 aliphatic carbocycles. The molecule has 0 aromatic carbocycles. The Morgan fingerprint density at radius 3 is 2.20 bits per heavy atom. The molecule has 118 valence electrons. The molecule has 1 N–H and O–H groups in total. The van der Waals surface area contributed by atoms with Gasteiger partial charge in [0.2, 0.25) is 0 Å². The molecule has 0 spiro atoms. The van der Waals surface area contributed by atoms with Crippen LogP contribution in [0.3, 0.4) is 0 Å². The van der Waals surface area contributed by atoms with Crippen LogP contribution in [-0.4, -0.2) is 31.0 Å². The van der Waals surface area contributed by atoms with Crippen molar-refractivity contribution in [3.63, 3.8) is 0 Å². The highest BCUT2D eigenvalue weighted by atomic mass is 19.4. The molecule has 0 bridgehead atoms. The Labute approximate surface area is 119 Å². The van der Waals surface area contributed by atoms with E-state index in [1.807, 2.05) is 0 Å². The Balaban J connectivity index is 1.89. The highest BCUT2D eigenvalue weighted by Crippen LogP contribution is 2.39. The predicted octanol–water partition coefficient (Wildman–Crippen LogP) is 3.90. The van der Waals surface area contributed by atoms with Gasteiger partial charge in [-0.25, -0.2) is 0 Å². The van der Waals surface area contributed by atoms with Gasteiger partial charge >= 0.3 is 6.18 Å². The first-order valence-electron chi connectivity index (χ1n) is 7.74. The second kappa shape index (κ2) is 6.22. The number of rotatable bonds is 6. The Bertz CT molecular complexity index is 305. The number of alkyl halides is 3. The summed E-state index contributed by atoms with van der Waals surface area (Å²) in [4.78, 5) is 0. The van der Waals surface area contributed by atoms with Crippen LogP contribution in [0.15, 0.2) is 0 Å². The van der Waals surface area contributed by atoms with Gasteiger partial charge in [0.1, 0.15) is 6.61 Å². The maximum absolute atomic E-state index is 12.5. The molecule has 20 heavy (non-hydrogen) atoms. The smallest absolute Gasteiger partial charge is 0.364 e. The summed E-state index contributed by atoms with van der Waals surface area (Å²) in [5.41, 5.74) is -0.608. The van der Waals surface area contributed by atoms with E-state index in [-0.39, 0.29) is 0 Å². The fourth-order valence-corrected chi connectivity index (χ4v) is 3.06. The minimum absolute atomic E-state index is 0.504. The number of hydrogen-bond donors (Lipinski definition) is 1. The number of hydrogen-bond acceptors (Lipinski definition) is 2. The van der Waals surface area contributed by atoms with Crippen LogP contribution in [0.2, 0.25) is 0 Å². The molecule has 2 nitrogen and oxygen atoms in total. The van der Waals surface area contributed by atoms with Gasteiger partial charge in [-0.3, -0.25) is 0 Å². The van der Waals surface area contributed by atoms with Gasteiger partial charge in [0.25, 0.3) is 0 Å². The van der Waals surface area contributed by atoms with E-state index in [2.05, 4.69) is 19.2 Å². The third-order valence-corrected chi connectivity index (χ3v) is 4.72. The summed E-state index contributed by atoms with van der Waals surface area (Å²) in [6, 6.07) is 0.504. The predicted molar refractivity (Wildman–Crippen MR) is 72.6 cm³/mol. The SMILES string of the molecule is CC(C)C1CCC(CNC2CC2)(OCC(F)(F)F)CC1. The van der Waals surface area contributed by atoms with Crippen LogP contribution in [0.1, 0.15) is 52.4 Å². The number of halogens is 3. The summed E-state index contributed by atoms with van der Waals surface area (Å²) < 4.78 is 42.7. The average Bonchev–Trinajstić information content (AvgIpc) is 3.18. The standard InChI is InChI=1S/C15H26F3NO/c1-11(2)12-5-7-14(8-6-12,9-19-13-3-4-13)20-10-15(16,17)18/h11-13,19H,3-10H2,1-2H3. The lowest BCUT2D eigenvalue weighted by atomic mass is 9.74.